The number of hydrogen-bond acceptors (Lipinski definition) is 6. The number of benzene rings is 2. The highest BCUT2D eigenvalue weighted by Gasteiger charge is 2.24. The summed E-state index contributed by atoms with van der Waals surface area (Å²) in [6.07, 6.45) is 2.16. The Morgan fingerprint density at radius 3 is 2.53 bits per heavy atom. The molecule has 0 fully saturated rings. The number of nitrogen functional groups attached to an aromatic ring is 1. The second-order valence-electron chi connectivity index (χ2n) is 8.97. The molecule has 4 rings (SSSR count). The van der Waals surface area contributed by atoms with Gasteiger partial charge in [-0.05, 0) is 47.6 Å². The highest BCUT2D eigenvalue weighted by atomic mass is 19.2. The van der Waals surface area contributed by atoms with E-state index < -0.39 is 23.6 Å². The van der Waals surface area contributed by atoms with Crippen LogP contribution < -0.4 is 11.1 Å². The Labute approximate surface area is 206 Å². The Balaban J connectivity index is 1.51. The lowest BCUT2D eigenvalue weighted by atomic mass is 9.96. The quantitative estimate of drug-likeness (QED) is 0.349. The van der Waals surface area contributed by atoms with Gasteiger partial charge in [-0.25, -0.2) is 13.8 Å². The van der Waals surface area contributed by atoms with Gasteiger partial charge < -0.3 is 15.6 Å². The zero-order valence-corrected chi connectivity index (χ0v) is 19.9. The van der Waals surface area contributed by atoms with Crippen molar-refractivity contribution in [2.24, 2.45) is 0 Å². The largest absolute Gasteiger partial charge is 0.383 e. The number of carbonyl (C=O) groups is 2. The number of halogens is 2. The number of nitrogens with zero attached hydrogens (tertiary/aromatic N) is 2. The lowest BCUT2D eigenvalue weighted by Gasteiger charge is -2.18. The smallest absolute Gasteiger partial charge is 0.274 e. The molecule has 0 unspecified atom stereocenters. The summed E-state index contributed by atoms with van der Waals surface area (Å²) in [5, 5.41) is 8.21. The van der Waals surface area contributed by atoms with E-state index in [9.17, 15) is 18.4 Å². The summed E-state index contributed by atoms with van der Waals surface area (Å²) in [7, 11) is 0. The molecule has 0 spiro atoms. The molecular weight excluding hydrogens is 466 g/mol. The predicted octanol–water partition coefficient (Wildman–Crippen LogP) is 4.75. The number of hydrogen-bond donors (Lipinski definition) is 2. The Morgan fingerprint density at radius 2 is 1.81 bits per heavy atom. The first kappa shape index (κ1) is 25.0. The molecule has 3 N–H and O–H groups in total. The van der Waals surface area contributed by atoms with Crippen molar-refractivity contribution in [3.05, 3.63) is 88.9 Å². The third kappa shape index (κ3) is 5.73. The van der Waals surface area contributed by atoms with Crippen LogP contribution in [0.1, 0.15) is 53.6 Å². The summed E-state index contributed by atoms with van der Waals surface area (Å²) in [5.74, 6) is -1.84. The highest BCUT2D eigenvalue weighted by molar-refractivity contribution is 5.97. The Bertz CT molecular complexity index is 1420. The second-order valence-corrected chi connectivity index (χ2v) is 8.97. The van der Waals surface area contributed by atoms with Crippen LogP contribution in [-0.4, -0.2) is 27.9 Å². The highest BCUT2D eigenvalue weighted by Crippen LogP contribution is 2.21. The minimum atomic E-state index is -1.02. The molecule has 0 aliphatic rings. The Morgan fingerprint density at radius 1 is 1.03 bits per heavy atom. The van der Waals surface area contributed by atoms with Crippen molar-refractivity contribution in [1.82, 2.24) is 15.5 Å². The van der Waals surface area contributed by atoms with E-state index in [4.69, 9.17) is 10.3 Å². The van der Waals surface area contributed by atoms with E-state index >= 15 is 0 Å². The topological polar surface area (TPSA) is 111 Å². The first-order valence-corrected chi connectivity index (χ1v) is 11.6. The molecule has 36 heavy (non-hydrogen) atoms. The molecule has 4 aromatic rings. The fraction of sp³-hybridized carbons (Fsp3) is 0.259. The summed E-state index contributed by atoms with van der Waals surface area (Å²) in [6.45, 7) is 3.80. The molecule has 2 aromatic carbocycles. The number of rotatable bonds is 9. The van der Waals surface area contributed by atoms with Gasteiger partial charge >= 0.3 is 0 Å². The number of nitrogens with one attached hydrogen (secondary N) is 1. The van der Waals surface area contributed by atoms with Gasteiger partial charge in [0.15, 0.2) is 23.1 Å². The monoisotopic (exact) mass is 492 g/mol. The van der Waals surface area contributed by atoms with Crippen molar-refractivity contribution in [1.29, 1.82) is 0 Å². The molecular formula is C27H26F2N4O3. The van der Waals surface area contributed by atoms with Gasteiger partial charge in [-0.15, -0.1) is 0 Å². The molecule has 0 radical (unpaired) electrons. The van der Waals surface area contributed by atoms with Gasteiger partial charge in [0.2, 0.25) is 0 Å². The predicted molar refractivity (Wildman–Crippen MR) is 131 cm³/mol. The van der Waals surface area contributed by atoms with Crippen LogP contribution in [-0.2, 0) is 17.6 Å². The van der Waals surface area contributed by atoms with Crippen LogP contribution in [0.2, 0.25) is 0 Å². The van der Waals surface area contributed by atoms with Gasteiger partial charge in [0.25, 0.3) is 5.91 Å². The normalized spacial score (nSPS) is 12.1. The van der Waals surface area contributed by atoms with Gasteiger partial charge in [-0.1, -0.05) is 43.3 Å². The maximum absolute atomic E-state index is 13.8. The number of anilines is 1. The zero-order chi connectivity index (χ0) is 25.8. The number of Topliss-reactive ketones (excluding diaryl/α,β-unsaturated/α-hetero) is 1. The van der Waals surface area contributed by atoms with Crippen molar-refractivity contribution >= 4 is 28.3 Å². The molecule has 2 aromatic heterocycles. The van der Waals surface area contributed by atoms with E-state index in [0.717, 1.165) is 28.5 Å². The number of amides is 1. The number of ketones is 1. The van der Waals surface area contributed by atoms with Gasteiger partial charge in [0.05, 0.1) is 6.04 Å². The van der Waals surface area contributed by atoms with E-state index in [2.05, 4.69) is 15.5 Å². The number of aromatic nitrogens is 2. The van der Waals surface area contributed by atoms with Gasteiger partial charge in [-0.3, -0.25) is 9.59 Å². The van der Waals surface area contributed by atoms with Crippen LogP contribution in [0.15, 0.2) is 59.3 Å². The molecule has 1 atom stereocenters. The average Bonchev–Trinajstić information content (AvgIpc) is 3.35. The van der Waals surface area contributed by atoms with Crippen LogP contribution in [0.5, 0.6) is 0 Å². The van der Waals surface area contributed by atoms with E-state index in [1.54, 1.807) is 6.20 Å². The van der Waals surface area contributed by atoms with Crippen LogP contribution in [0.3, 0.4) is 0 Å². The zero-order valence-electron chi connectivity index (χ0n) is 19.9. The minimum Gasteiger partial charge on any atom is -0.383 e. The molecule has 0 aliphatic heterocycles. The summed E-state index contributed by atoms with van der Waals surface area (Å²) < 4.78 is 32.4. The van der Waals surface area contributed by atoms with E-state index in [0.29, 0.717) is 23.6 Å². The standard InChI is InChI=1S/C27H26F2N4O3/c1-15(2)25-14-23(33-36-25)27(35)32-22(13-17-4-7-20(28)21(29)12-17)24(34)8-5-16-3-6-19-18(11-16)9-10-31-26(19)30/h3-4,6-7,9-12,14-15,22H,5,8,13H2,1-2H3,(H2,30,31)(H,32,35)/t22-/m0/s1. The van der Waals surface area contributed by atoms with Crippen LogP contribution >= 0.6 is 0 Å². The van der Waals surface area contributed by atoms with Crippen molar-refractivity contribution in [2.45, 2.75) is 45.1 Å². The minimum absolute atomic E-state index is 0.00339. The first-order valence-electron chi connectivity index (χ1n) is 11.6. The summed E-state index contributed by atoms with van der Waals surface area (Å²) in [5.41, 5.74) is 7.24. The molecule has 186 valence electrons. The van der Waals surface area contributed by atoms with E-state index in [-0.39, 0.29) is 30.2 Å². The molecule has 1 amide bonds. The first-order chi connectivity index (χ1) is 17.2. The van der Waals surface area contributed by atoms with Gasteiger partial charge in [0, 0.05) is 30.0 Å². The van der Waals surface area contributed by atoms with Crippen molar-refractivity contribution in [2.75, 3.05) is 5.73 Å². The summed E-state index contributed by atoms with van der Waals surface area (Å²) >= 11 is 0. The molecule has 0 saturated heterocycles. The SMILES string of the molecule is CC(C)c1cc(C(=O)N[C@@H](Cc2ccc(F)c(F)c2)C(=O)CCc2ccc3c(N)nccc3c2)no1. The fourth-order valence-electron chi connectivity index (χ4n) is 3.90. The number of carbonyl (C=O) groups excluding carboxylic acids is 2. The van der Waals surface area contributed by atoms with Crippen molar-refractivity contribution in [3.8, 4) is 0 Å². The van der Waals surface area contributed by atoms with Crippen LogP contribution in [0.4, 0.5) is 14.6 Å². The summed E-state index contributed by atoms with van der Waals surface area (Å²) in [4.78, 5) is 30.1. The van der Waals surface area contributed by atoms with E-state index in [1.165, 1.54) is 12.1 Å². The lowest BCUT2D eigenvalue weighted by Crippen LogP contribution is -2.42. The van der Waals surface area contributed by atoms with E-state index in [1.807, 2.05) is 38.1 Å². The van der Waals surface area contributed by atoms with Crippen molar-refractivity contribution in [3.63, 3.8) is 0 Å². The molecule has 9 heteroatoms. The fourth-order valence-corrected chi connectivity index (χ4v) is 3.90. The summed E-state index contributed by atoms with van der Waals surface area (Å²) in [6, 6.07) is 11.5. The molecule has 0 saturated carbocycles. The maximum atomic E-state index is 13.8. The third-order valence-electron chi connectivity index (χ3n) is 5.97. The molecule has 0 aliphatic carbocycles. The average molecular weight is 493 g/mol. The maximum Gasteiger partial charge on any atom is 0.274 e. The molecule has 2 heterocycles. The number of fused-ring (bicyclic) bond motifs is 1. The number of pyridine rings is 1. The Hall–Kier alpha value is -4.14. The second kappa shape index (κ2) is 10.6. The van der Waals surface area contributed by atoms with Crippen molar-refractivity contribution < 1.29 is 22.9 Å². The number of aryl methyl sites for hydroxylation is 1. The Kier molecular flexibility index (Phi) is 7.38. The van der Waals surface area contributed by atoms with Gasteiger partial charge in [0.1, 0.15) is 11.6 Å². The lowest BCUT2D eigenvalue weighted by molar-refractivity contribution is -0.120. The number of nitrogens with two attached hydrogens (primary N) is 1. The molecule has 7 nitrogen and oxygen atoms in total. The molecule has 0 bridgehead atoms. The van der Waals surface area contributed by atoms with Crippen LogP contribution in [0, 0.1) is 11.6 Å². The third-order valence-corrected chi connectivity index (χ3v) is 5.97. The van der Waals surface area contributed by atoms with Crippen LogP contribution in [0.25, 0.3) is 10.8 Å². The van der Waals surface area contributed by atoms with Gasteiger partial charge in [-0.2, -0.15) is 0 Å².